The van der Waals surface area contributed by atoms with E-state index in [1.165, 1.54) is 21.4 Å². The molecule has 2 aromatic heterocycles. The number of urea groups is 1. The van der Waals surface area contributed by atoms with Crippen molar-refractivity contribution in [1.82, 2.24) is 28.9 Å². The lowest BCUT2D eigenvalue weighted by atomic mass is 9.93. The molecule has 11 nitrogen and oxygen atoms in total. The molecule has 4 heterocycles. The van der Waals surface area contributed by atoms with Gasteiger partial charge in [0, 0.05) is 27.7 Å². The Morgan fingerprint density at radius 3 is 2.41 bits per heavy atom. The number of nitrogens with one attached hydrogen (secondary N) is 1. The van der Waals surface area contributed by atoms with Crippen molar-refractivity contribution in [3.63, 3.8) is 0 Å². The molecule has 1 N–H and O–H groups in total. The van der Waals surface area contributed by atoms with Crippen molar-refractivity contribution < 1.29 is 9.59 Å². The zero-order valence-electron chi connectivity index (χ0n) is 19.4. The predicted molar refractivity (Wildman–Crippen MR) is 125 cm³/mol. The van der Waals surface area contributed by atoms with E-state index >= 15 is 0 Å². The second kappa shape index (κ2) is 7.72. The van der Waals surface area contributed by atoms with Crippen LogP contribution in [0.4, 0.5) is 10.7 Å². The molecule has 1 atom stereocenters. The van der Waals surface area contributed by atoms with Gasteiger partial charge in [0.05, 0.1) is 23.9 Å². The number of hydrogen-bond donors (Lipinski definition) is 1. The summed E-state index contributed by atoms with van der Waals surface area (Å²) in [5.41, 5.74) is 1.09. The van der Waals surface area contributed by atoms with Crippen LogP contribution in [0.2, 0.25) is 0 Å². The van der Waals surface area contributed by atoms with Crippen LogP contribution in [0.1, 0.15) is 24.9 Å². The van der Waals surface area contributed by atoms with Crippen LogP contribution in [-0.2, 0) is 25.4 Å². The smallest absolute Gasteiger partial charge is 0.327 e. The molecule has 0 aliphatic carbocycles. The van der Waals surface area contributed by atoms with Gasteiger partial charge >= 0.3 is 11.7 Å². The summed E-state index contributed by atoms with van der Waals surface area (Å²) in [6.45, 7) is 2.37. The molecule has 176 valence electrons. The molecule has 0 saturated carbocycles. The first kappa shape index (κ1) is 21.7. The Bertz CT molecular complexity index is 1500. The molecule has 0 fully saturated rings. The molecule has 3 amide bonds. The molecule has 34 heavy (non-hydrogen) atoms. The molecule has 2 aliphatic rings. The van der Waals surface area contributed by atoms with E-state index in [-0.39, 0.29) is 35.6 Å². The molecule has 0 saturated heterocycles. The number of nitrogens with zero attached hydrogens (tertiary/aromatic N) is 6. The van der Waals surface area contributed by atoms with Crippen molar-refractivity contribution in [3.05, 3.63) is 68.0 Å². The van der Waals surface area contributed by atoms with Gasteiger partial charge in [-0.2, -0.15) is 4.98 Å². The van der Waals surface area contributed by atoms with E-state index in [9.17, 15) is 19.2 Å². The third kappa shape index (κ3) is 2.93. The second-order valence-electron chi connectivity index (χ2n) is 8.55. The van der Waals surface area contributed by atoms with Gasteiger partial charge in [0.15, 0.2) is 11.2 Å². The standard InChI is InChI=1S/C23H25N7O4/c1-5-11-29-19(31)15-14(26(2)22(33)24-16(15)13-9-7-6-8-10-13)12-30-17-18(25-21(29)30)27(3)23(34)28(4)20(17)32/h6-10,16H,5,11-12H2,1-4H3,(H,24,33). The zero-order chi connectivity index (χ0) is 24.3. The minimum Gasteiger partial charge on any atom is -0.327 e. The number of imidazole rings is 1. The molecule has 0 radical (unpaired) electrons. The number of aromatic nitrogens is 4. The number of allylic oxidation sites excluding steroid dienone is 1. The van der Waals surface area contributed by atoms with E-state index in [1.54, 1.807) is 18.7 Å². The quantitative estimate of drug-likeness (QED) is 0.618. The summed E-state index contributed by atoms with van der Waals surface area (Å²) in [6, 6.07) is 8.31. The van der Waals surface area contributed by atoms with Crippen LogP contribution in [-0.4, -0.2) is 49.1 Å². The van der Waals surface area contributed by atoms with Gasteiger partial charge in [0.25, 0.3) is 11.5 Å². The van der Waals surface area contributed by atoms with Crippen LogP contribution in [0.25, 0.3) is 11.2 Å². The van der Waals surface area contributed by atoms with Crippen LogP contribution in [0.15, 0.2) is 51.2 Å². The van der Waals surface area contributed by atoms with Gasteiger partial charge in [-0.05, 0) is 12.0 Å². The number of carbonyl (C=O) groups excluding carboxylic acids is 2. The van der Waals surface area contributed by atoms with Crippen LogP contribution in [0.5, 0.6) is 0 Å². The summed E-state index contributed by atoms with van der Waals surface area (Å²) in [7, 11) is 4.55. The number of carbonyl (C=O) groups is 2. The topological polar surface area (TPSA) is 114 Å². The van der Waals surface area contributed by atoms with Crippen molar-refractivity contribution in [2.45, 2.75) is 25.9 Å². The SMILES string of the molecule is CCCN1C(=O)C2=C(Cn3c1nc1c3c(=O)n(C)c(=O)n1C)N(C)C(=O)NC2c1ccccc1. The van der Waals surface area contributed by atoms with Crippen molar-refractivity contribution >= 4 is 29.1 Å². The highest BCUT2D eigenvalue weighted by Gasteiger charge is 2.42. The number of likely N-dealkylation sites (N-methyl/N-ethyl adjacent to an activating group) is 1. The Morgan fingerprint density at radius 1 is 1.03 bits per heavy atom. The van der Waals surface area contributed by atoms with Crippen LogP contribution >= 0.6 is 0 Å². The third-order valence-corrected chi connectivity index (χ3v) is 6.51. The highest BCUT2D eigenvalue weighted by Crippen LogP contribution is 2.36. The van der Waals surface area contributed by atoms with E-state index in [2.05, 4.69) is 10.3 Å². The maximum Gasteiger partial charge on any atom is 0.332 e. The second-order valence-corrected chi connectivity index (χ2v) is 8.55. The number of benzene rings is 1. The first-order chi connectivity index (χ1) is 16.3. The van der Waals surface area contributed by atoms with Crippen molar-refractivity contribution in [1.29, 1.82) is 0 Å². The molecule has 0 bridgehead atoms. The van der Waals surface area contributed by atoms with Gasteiger partial charge < -0.3 is 5.32 Å². The van der Waals surface area contributed by atoms with Gasteiger partial charge in [-0.1, -0.05) is 37.3 Å². The summed E-state index contributed by atoms with van der Waals surface area (Å²) in [5.74, 6) is -0.0179. The van der Waals surface area contributed by atoms with Gasteiger partial charge in [-0.3, -0.25) is 33.1 Å². The Labute approximate surface area is 194 Å². The number of anilines is 1. The fourth-order valence-electron chi connectivity index (χ4n) is 4.70. The van der Waals surface area contributed by atoms with Gasteiger partial charge in [0.1, 0.15) is 0 Å². The number of rotatable bonds is 3. The predicted octanol–water partition coefficient (Wildman–Crippen LogP) is 0.841. The van der Waals surface area contributed by atoms with Gasteiger partial charge in [-0.25, -0.2) is 9.59 Å². The molecule has 5 rings (SSSR count). The van der Waals surface area contributed by atoms with Crippen molar-refractivity contribution in [3.8, 4) is 0 Å². The summed E-state index contributed by atoms with van der Waals surface area (Å²) in [5, 5.41) is 2.94. The Morgan fingerprint density at radius 2 is 1.74 bits per heavy atom. The lowest BCUT2D eigenvalue weighted by molar-refractivity contribution is -0.115. The number of aryl methyl sites for hydroxylation is 1. The summed E-state index contributed by atoms with van der Waals surface area (Å²) < 4.78 is 3.96. The van der Waals surface area contributed by atoms with E-state index in [1.807, 2.05) is 37.3 Å². The summed E-state index contributed by atoms with van der Waals surface area (Å²) in [4.78, 5) is 60.1. The van der Waals surface area contributed by atoms with Gasteiger partial charge in [-0.15, -0.1) is 0 Å². The normalized spacial score (nSPS) is 18.2. The lowest BCUT2D eigenvalue weighted by Crippen LogP contribution is -2.48. The van der Waals surface area contributed by atoms with E-state index in [0.29, 0.717) is 24.2 Å². The van der Waals surface area contributed by atoms with Gasteiger partial charge in [0.2, 0.25) is 5.95 Å². The van der Waals surface area contributed by atoms with Crippen LogP contribution in [0.3, 0.4) is 0 Å². The van der Waals surface area contributed by atoms with Crippen molar-refractivity contribution in [2.24, 2.45) is 14.1 Å². The lowest BCUT2D eigenvalue weighted by Gasteiger charge is -2.34. The highest BCUT2D eigenvalue weighted by molar-refractivity contribution is 6.08. The maximum atomic E-state index is 14.0. The summed E-state index contributed by atoms with van der Waals surface area (Å²) >= 11 is 0. The first-order valence-corrected chi connectivity index (χ1v) is 11.1. The molecule has 11 heteroatoms. The fourth-order valence-corrected chi connectivity index (χ4v) is 4.70. The average Bonchev–Trinajstić information content (AvgIpc) is 3.16. The Balaban J connectivity index is 1.84. The maximum absolute atomic E-state index is 14.0. The zero-order valence-corrected chi connectivity index (χ0v) is 19.4. The molecule has 1 aromatic carbocycles. The molecular weight excluding hydrogens is 438 g/mol. The molecule has 0 spiro atoms. The minimum absolute atomic E-state index is 0.0772. The molecule has 3 aromatic rings. The Kier molecular flexibility index (Phi) is 4.92. The number of hydrogen-bond acceptors (Lipinski definition) is 5. The van der Waals surface area contributed by atoms with E-state index in [0.717, 1.165) is 10.1 Å². The summed E-state index contributed by atoms with van der Waals surface area (Å²) in [6.07, 6.45) is 0.646. The minimum atomic E-state index is -0.644. The number of fused-ring (bicyclic) bond motifs is 3. The van der Waals surface area contributed by atoms with E-state index in [4.69, 9.17) is 0 Å². The number of amides is 3. The molecule has 2 aliphatic heterocycles. The Hall–Kier alpha value is -4.15. The fraction of sp³-hybridized carbons (Fsp3) is 0.348. The van der Waals surface area contributed by atoms with Crippen molar-refractivity contribution in [2.75, 3.05) is 18.5 Å². The largest absolute Gasteiger partial charge is 0.332 e. The van der Waals surface area contributed by atoms with Crippen LogP contribution in [0, 0.1) is 0 Å². The molecule has 1 unspecified atom stereocenters. The monoisotopic (exact) mass is 463 g/mol. The average molecular weight is 463 g/mol. The molecular formula is C23H25N7O4. The van der Waals surface area contributed by atoms with E-state index < -0.39 is 17.3 Å². The first-order valence-electron chi connectivity index (χ1n) is 11.1. The van der Waals surface area contributed by atoms with Crippen LogP contribution < -0.4 is 21.5 Å². The highest BCUT2D eigenvalue weighted by atomic mass is 16.2. The third-order valence-electron chi connectivity index (χ3n) is 6.51.